The third-order valence-electron chi connectivity index (χ3n) is 8.23. The van der Waals surface area contributed by atoms with E-state index in [-0.39, 0.29) is 12.0 Å². The van der Waals surface area contributed by atoms with Crippen LogP contribution in [0, 0.1) is 0 Å². The Bertz CT molecular complexity index is 1460. The van der Waals surface area contributed by atoms with E-state index in [2.05, 4.69) is 86.9 Å². The molecule has 0 aliphatic heterocycles. The number of hydrogen-bond donors (Lipinski definition) is 1. The van der Waals surface area contributed by atoms with Crippen molar-refractivity contribution in [3.05, 3.63) is 95.4 Å². The molecule has 0 unspecified atom stereocenters. The fourth-order valence-corrected chi connectivity index (χ4v) is 16.7. The third-order valence-corrected chi connectivity index (χ3v) is 19.0. The van der Waals surface area contributed by atoms with Gasteiger partial charge in [-0.2, -0.15) is 0 Å². The first-order valence-corrected chi connectivity index (χ1v) is 23.9. The molecule has 0 bridgehead atoms. The molecule has 1 aliphatic rings. The topological polar surface area (TPSA) is 88.1 Å². The summed E-state index contributed by atoms with van der Waals surface area (Å²) in [5, 5.41) is 0.305. The van der Waals surface area contributed by atoms with E-state index in [4.69, 9.17) is 26.8 Å². The van der Waals surface area contributed by atoms with Gasteiger partial charge in [0.25, 0.3) is 0 Å². The van der Waals surface area contributed by atoms with Crippen molar-refractivity contribution in [3.63, 3.8) is 0 Å². The summed E-state index contributed by atoms with van der Waals surface area (Å²) in [7, 11) is 6.23. The van der Waals surface area contributed by atoms with Gasteiger partial charge in [0.15, 0.2) is 0 Å². The van der Waals surface area contributed by atoms with Crippen LogP contribution >= 0.6 is 62.0 Å². The molecule has 46 heavy (non-hydrogen) atoms. The summed E-state index contributed by atoms with van der Waals surface area (Å²) >= 11 is 6.32. The van der Waals surface area contributed by atoms with Gasteiger partial charge in [-0.3, -0.25) is 0 Å². The summed E-state index contributed by atoms with van der Waals surface area (Å²) in [4.78, 5) is 13.1. The van der Waals surface area contributed by atoms with Crippen LogP contribution in [0.1, 0.15) is 23.6 Å². The molecule has 248 valence electrons. The first kappa shape index (κ1) is 35.9. The number of rotatable bonds is 20. The van der Waals surface area contributed by atoms with Gasteiger partial charge in [0.1, 0.15) is 0 Å². The van der Waals surface area contributed by atoms with Gasteiger partial charge in [-0.25, -0.2) is 0 Å². The van der Waals surface area contributed by atoms with Crippen molar-refractivity contribution in [1.29, 1.82) is 0 Å². The molecular formula is C33H43ClN5O2PS4. The zero-order valence-electron chi connectivity index (χ0n) is 26.1. The molecule has 0 saturated heterocycles. The summed E-state index contributed by atoms with van der Waals surface area (Å²) in [6.45, 7) is 5.51. The average Bonchev–Trinajstić information content (AvgIpc) is 3.73. The van der Waals surface area contributed by atoms with Crippen molar-refractivity contribution < 1.29 is 9.47 Å². The van der Waals surface area contributed by atoms with Gasteiger partial charge in [-0.15, -0.1) is 0 Å². The van der Waals surface area contributed by atoms with Crippen LogP contribution in [0.25, 0.3) is 11.2 Å². The zero-order chi connectivity index (χ0) is 32.0. The van der Waals surface area contributed by atoms with Crippen LogP contribution in [-0.2, 0) is 22.7 Å². The van der Waals surface area contributed by atoms with Crippen molar-refractivity contribution >= 4 is 79.2 Å². The zero-order valence-corrected chi connectivity index (χ0v) is 31.2. The SMILES string of the molecule is C[PH](CCSSCCOCc1ccccc1)(CCSSCCOCc1ccccc1)[C@@H]1C=C[C@H](n2cnc3c(Cl)nc(N)nc32)C1. The number of halogens is 1. The molecule has 0 fully saturated rings. The van der Waals surface area contributed by atoms with E-state index in [0.717, 1.165) is 31.1 Å². The fraction of sp³-hybridized carbons (Fsp3) is 0.424. The number of hydrogen-bond acceptors (Lipinski definition) is 10. The van der Waals surface area contributed by atoms with E-state index in [9.17, 15) is 0 Å². The van der Waals surface area contributed by atoms with E-state index in [1.165, 1.54) is 35.0 Å². The Labute approximate surface area is 294 Å². The molecule has 5 rings (SSSR count). The van der Waals surface area contributed by atoms with Crippen LogP contribution in [0.2, 0.25) is 5.15 Å². The molecule has 0 amide bonds. The van der Waals surface area contributed by atoms with Crippen molar-refractivity contribution in [2.45, 2.75) is 31.3 Å². The van der Waals surface area contributed by atoms with Crippen LogP contribution < -0.4 is 5.73 Å². The van der Waals surface area contributed by atoms with Gasteiger partial charge in [0, 0.05) is 0 Å². The Balaban J connectivity index is 1.08. The minimum absolute atomic E-state index is 0.178. The van der Waals surface area contributed by atoms with Gasteiger partial charge in [-0.05, 0) is 0 Å². The Morgan fingerprint density at radius 2 is 1.39 bits per heavy atom. The molecule has 0 spiro atoms. The molecule has 0 radical (unpaired) electrons. The van der Waals surface area contributed by atoms with Gasteiger partial charge >= 0.3 is 296 Å². The number of fused-ring (bicyclic) bond motifs is 1. The van der Waals surface area contributed by atoms with Crippen molar-refractivity contribution in [2.75, 3.05) is 60.9 Å². The normalized spacial score (nSPS) is 16.8. The van der Waals surface area contributed by atoms with Gasteiger partial charge in [0.2, 0.25) is 0 Å². The first-order chi connectivity index (χ1) is 22.5. The van der Waals surface area contributed by atoms with Crippen LogP contribution in [0.4, 0.5) is 5.95 Å². The number of nitrogen functional groups attached to an aromatic ring is 1. The second-order valence-corrected chi connectivity index (χ2v) is 22.3. The predicted octanol–water partition coefficient (Wildman–Crippen LogP) is 8.51. The Hall–Kier alpha value is -1.43. The van der Waals surface area contributed by atoms with Crippen molar-refractivity contribution in [3.8, 4) is 0 Å². The quantitative estimate of drug-likeness (QED) is 0.0313. The molecule has 1 aliphatic carbocycles. The molecule has 2 atom stereocenters. The first-order valence-electron chi connectivity index (χ1n) is 15.6. The van der Waals surface area contributed by atoms with Crippen molar-refractivity contribution in [2.24, 2.45) is 0 Å². The average molecular weight is 736 g/mol. The number of nitrogens with two attached hydrogens (primary N) is 1. The monoisotopic (exact) mass is 735 g/mol. The standard InChI is InChI=1S/C33H43ClN5O2PS4/c1-42(16-20-45-43-18-14-40-23-26-8-4-2-5-9-26,17-21-46-44-19-15-41-24-27-10-6-3-7-11-27)29-13-12-28(22-29)39-25-36-30-31(34)37-33(35)38-32(30)39/h2-13,25,28-29,42H,14-24H2,1H3,(H2,35,37,38)/t28-,29+/m0/s1. The molecule has 13 heteroatoms. The van der Waals surface area contributed by atoms with Crippen LogP contribution in [0.3, 0.4) is 0 Å². The molecule has 2 heterocycles. The Morgan fingerprint density at radius 3 is 1.98 bits per heavy atom. The summed E-state index contributed by atoms with van der Waals surface area (Å²) in [5.74, 6) is 4.51. The Morgan fingerprint density at radius 1 is 0.826 bits per heavy atom. The van der Waals surface area contributed by atoms with E-state index < -0.39 is 7.26 Å². The van der Waals surface area contributed by atoms with E-state index in [1.807, 2.05) is 61.6 Å². The number of imidazole rings is 1. The molecule has 2 aromatic heterocycles. The molecule has 0 saturated carbocycles. The van der Waals surface area contributed by atoms with E-state index in [1.54, 1.807) is 0 Å². The molecular weight excluding hydrogens is 693 g/mol. The Kier molecular flexibility index (Phi) is 14.8. The number of nitrogens with zero attached hydrogens (tertiary/aromatic N) is 4. The maximum absolute atomic E-state index is 6.32. The maximum atomic E-state index is 6.32. The van der Waals surface area contributed by atoms with Crippen LogP contribution in [-0.4, -0.2) is 80.4 Å². The van der Waals surface area contributed by atoms with E-state index in [0.29, 0.717) is 35.2 Å². The molecule has 4 aromatic rings. The van der Waals surface area contributed by atoms with Crippen molar-refractivity contribution in [1.82, 2.24) is 19.5 Å². The van der Waals surface area contributed by atoms with Crippen LogP contribution in [0.15, 0.2) is 79.1 Å². The summed E-state index contributed by atoms with van der Waals surface area (Å²) in [6, 6.07) is 20.9. The number of allylic oxidation sites excluding steroid dienone is 2. The minimum atomic E-state index is -1.63. The summed E-state index contributed by atoms with van der Waals surface area (Å²) < 4.78 is 13.9. The molecule has 2 N–H and O–H groups in total. The summed E-state index contributed by atoms with van der Waals surface area (Å²) in [5.41, 5.74) is 10.3. The number of ether oxygens (including phenoxy) is 2. The number of benzene rings is 2. The third kappa shape index (κ3) is 10.8. The second-order valence-electron chi connectivity index (χ2n) is 11.5. The summed E-state index contributed by atoms with van der Waals surface area (Å²) in [6.07, 6.45) is 10.3. The van der Waals surface area contributed by atoms with Gasteiger partial charge < -0.3 is 0 Å². The number of aromatic nitrogens is 4. The van der Waals surface area contributed by atoms with E-state index >= 15 is 0 Å². The molecule has 7 nitrogen and oxygen atoms in total. The fourth-order valence-electron chi connectivity index (χ4n) is 5.54. The van der Waals surface area contributed by atoms with Crippen LogP contribution in [0.5, 0.6) is 0 Å². The predicted molar refractivity (Wildman–Crippen MR) is 207 cm³/mol. The number of anilines is 1. The van der Waals surface area contributed by atoms with Gasteiger partial charge in [-0.1, -0.05) is 0 Å². The molecule has 2 aromatic carbocycles. The van der Waals surface area contributed by atoms with Gasteiger partial charge in [0.05, 0.1) is 0 Å². The second kappa shape index (κ2) is 18.9.